The number of benzene rings is 1. The van der Waals surface area contributed by atoms with Crippen LogP contribution in [-0.2, 0) is 9.47 Å². The maximum Gasteiger partial charge on any atom is 0.270 e. The number of carbonyl (C=O) groups excluding carboxylic acids is 1. The predicted molar refractivity (Wildman–Crippen MR) is 59.8 cm³/mol. The Kier molecular flexibility index (Phi) is 3.93. The molecule has 0 N–H and O–H groups in total. The first-order valence-electron chi connectivity index (χ1n) is 4.84. The molecule has 0 heterocycles. The summed E-state index contributed by atoms with van der Waals surface area (Å²) in [6, 6.07) is 5.43. The molecule has 0 saturated heterocycles. The van der Waals surface area contributed by atoms with Gasteiger partial charge in [-0.3, -0.25) is 14.9 Å². The zero-order chi connectivity index (χ0) is 13.1. The van der Waals surface area contributed by atoms with Gasteiger partial charge in [0.1, 0.15) is 0 Å². The van der Waals surface area contributed by atoms with Gasteiger partial charge in [0, 0.05) is 31.9 Å². The summed E-state index contributed by atoms with van der Waals surface area (Å²) >= 11 is 0. The largest absolute Gasteiger partial charge is 0.347 e. The molecular formula is C11H13NO5. The van der Waals surface area contributed by atoms with Crippen molar-refractivity contribution in [2.45, 2.75) is 12.7 Å². The minimum Gasteiger partial charge on any atom is -0.347 e. The summed E-state index contributed by atoms with van der Waals surface area (Å²) < 4.78 is 9.92. The van der Waals surface area contributed by atoms with Gasteiger partial charge in [0.15, 0.2) is 0 Å². The van der Waals surface area contributed by atoms with Crippen molar-refractivity contribution in [1.29, 1.82) is 0 Å². The molecule has 0 bridgehead atoms. The number of hydrogen-bond donors (Lipinski definition) is 0. The summed E-state index contributed by atoms with van der Waals surface area (Å²) in [5.74, 6) is -1.90. The van der Waals surface area contributed by atoms with Crippen molar-refractivity contribution in [3.8, 4) is 0 Å². The number of nitro benzene ring substituents is 1. The maximum atomic E-state index is 12.0. The Balaban J connectivity index is 3.12. The van der Waals surface area contributed by atoms with Crippen LogP contribution in [0.1, 0.15) is 17.3 Å². The van der Waals surface area contributed by atoms with Crippen LogP contribution in [0.4, 0.5) is 5.69 Å². The van der Waals surface area contributed by atoms with Crippen LogP contribution in [0, 0.1) is 10.1 Å². The van der Waals surface area contributed by atoms with Crippen LogP contribution in [-0.4, -0.2) is 30.7 Å². The third kappa shape index (κ3) is 2.66. The Bertz CT molecular complexity index is 439. The van der Waals surface area contributed by atoms with E-state index in [-0.39, 0.29) is 11.3 Å². The number of rotatable bonds is 5. The van der Waals surface area contributed by atoms with E-state index in [1.807, 2.05) is 0 Å². The van der Waals surface area contributed by atoms with Crippen LogP contribution in [0.25, 0.3) is 0 Å². The molecule has 0 radical (unpaired) electrons. The van der Waals surface area contributed by atoms with E-state index in [1.54, 1.807) is 0 Å². The van der Waals surface area contributed by atoms with Crippen molar-refractivity contribution in [3.63, 3.8) is 0 Å². The number of ether oxygens (including phenoxy) is 2. The first-order chi connectivity index (χ1) is 7.94. The van der Waals surface area contributed by atoms with E-state index in [1.165, 1.54) is 45.4 Å². The number of non-ortho nitro benzene ring substituents is 1. The molecule has 0 aliphatic carbocycles. The molecule has 0 aliphatic rings. The fourth-order valence-electron chi connectivity index (χ4n) is 1.29. The van der Waals surface area contributed by atoms with Gasteiger partial charge in [-0.15, -0.1) is 0 Å². The van der Waals surface area contributed by atoms with Crippen molar-refractivity contribution >= 4 is 11.5 Å². The third-order valence-electron chi connectivity index (χ3n) is 2.51. The van der Waals surface area contributed by atoms with E-state index in [4.69, 9.17) is 9.47 Å². The van der Waals surface area contributed by atoms with E-state index in [0.717, 1.165) is 0 Å². The second-order valence-electron chi connectivity index (χ2n) is 3.49. The third-order valence-corrected chi connectivity index (χ3v) is 2.51. The number of nitro groups is 1. The molecule has 0 aliphatic heterocycles. The molecule has 0 atom stereocenters. The Morgan fingerprint density at radius 2 is 1.94 bits per heavy atom. The normalized spacial score (nSPS) is 11.2. The van der Waals surface area contributed by atoms with Gasteiger partial charge in [-0.1, -0.05) is 12.1 Å². The Morgan fingerprint density at radius 3 is 2.41 bits per heavy atom. The molecule has 0 amide bonds. The predicted octanol–water partition coefficient (Wildman–Crippen LogP) is 1.79. The molecule has 0 unspecified atom stereocenters. The first kappa shape index (κ1) is 13.3. The average molecular weight is 239 g/mol. The zero-order valence-electron chi connectivity index (χ0n) is 9.80. The van der Waals surface area contributed by atoms with Gasteiger partial charge < -0.3 is 9.47 Å². The molecule has 1 rings (SSSR count). The molecule has 6 heteroatoms. The lowest BCUT2D eigenvalue weighted by Crippen LogP contribution is -2.39. The van der Waals surface area contributed by atoms with E-state index < -0.39 is 16.5 Å². The van der Waals surface area contributed by atoms with Crippen LogP contribution in [0.5, 0.6) is 0 Å². The second kappa shape index (κ2) is 5.03. The lowest BCUT2D eigenvalue weighted by molar-refractivity contribution is -0.384. The quantitative estimate of drug-likeness (QED) is 0.338. The van der Waals surface area contributed by atoms with Crippen LogP contribution in [0.2, 0.25) is 0 Å². The number of Topliss-reactive ketones (excluding diaryl/α,β-unsaturated/α-hetero) is 1. The minimum absolute atomic E-state index is 0.148. The molecular weight excluding hydrogens is 226 g/mol. The highest BCUT2D eigenvalue weighted by Crippen LogP contribution is 2.21. The molecule has 17 heavy (non-hydrogen) atoms. The Morgan fingerprint density at radius 1 is 1.35 bits per heavy atom. The smallest absolute Gasteiger partial charge is 0.270 e. The number of carbonyl (C=O) groups is 1. The summed E-state index contributed by atoms with van der Waals surface area (Å²) in [6.45, 7) is 1.45. The zero-order valence-corrected chi connectivity index (χ0v) is 9.80. The van der Waals surface area contributed by atoms with Gasteiger partial charge in [0.25, 0.3) is 5.69 Å². The van der Waals surface area contributed by atoms with Crippen LogP contribution in [0.3, 0.4) is 0 Å². The summed E-state index contributed by atoms with van der Waals surface area (Å²) in [5.41, 5.74) is 0.0239. The summed E-state index contributed by atoms with van der Waals surface area (Å²) in [6.07, 6.45) is 0. The minimum atomic E-state index is -1.44. The SMILES string of the molecule is COC(C)(OC)C(=O)c1cccc([N+](=O)[O-])c1. The van der Waals surface area contributed by atoms with Crippen LogP contribution >= 0.6 is 0 Å². The van der Waals surface area contributed by atoms with Crippen molar-refractivity contribution in [1.82, 2.24) is 0 Å². The van der Waals surface area contributed by atoms with E-state index in [2.05, 4.69) is 0 Å². The summed E-state index contributed by atoms with van der Waals surface area (Å²) in [7, 11) is 2.66. The monoisotopic (exact) mass is 239 g/mol. The van der Waals surface area contributed by atoms with Crippen molar-refractivity contribution in [2.75, 3.05) is 14.2 Å². The molecule has 0 aromatic heterocycles. The number of nitrogens with zero attached hydrogens (tertiary/aromatic N) is 1. The van der Waals surface area contributed by atoms with Crippen LogP contribution in [0.15, 0.2) is 24.3 Å². The first-order valence-corrected chi connectivity index (χ1v) is 4.84. The highest BCUT2D eigenvalue weighted by atomic mass is 16.7. The average Bonchev–Trinajstić information content (AvgIpc) is 2.37. The van der Waals surface area contributed by atoms with E-state index in [0.29, 0.717) is 0 Å². The Labute approximate surface area is 98.3 Å². The second-order valence-corrected chi connectivity index (χ2v) is 3.49. The standard InChI is InChI=1S/C11H13NO5/c1-11(16-2,17-3)10(13)8-5-4-6-9(7-8)12(14)15/h4-7H,1-3H3. The number of hydrogen-bond acceptors (Lipinski definition) is 5. The fourth-order valence-corrected chi connectivity index (χ4v) is 1.29. The van der Waals surface area contributed by atoms with Gasteiger partial charge in [0.05, 0.1) is 4.92 Å². The molecule has 6 nitrogen and oxygen atoms in total. The summed E-state index contributed by atoms with van der Waals surface area (Å²) in [5, 5.41) is 10.6. The lowest BCUT2D eigenvalue weighted by Gasteiger charge is -2.24. The van der Waals surface area contributed by atoms with Gasteiger partial charge in [-0.2, -0.15) is 0 Å². The van der Waals surface area contributed by atoms with Crippen molar-refractivity contribution in [2.24, 2.45) is 0 Å². The number of ketones is 1. The van der Waals surface area contributed by atoms with Crippen molar-refractivity contribution in [3.05, 3.63) is 39.9 Å². The molecule has 0 fully saturated rings. The fraction of sp³-hybridized carbons (Fsp3) is 0.364. The summed E-state index contributed by atoms with van der Waals surface area (Å²) in [4.78, 5) is 22.1. The highest BCUT2D eigenvalue weighted by Gasteiger charge is 2.34. The van der Waals surface area contributed by atoms with E-state index in [9.17, 15) is 14.9 Å². The molecule has 0 spiro atoms. The highest BCUT2D eigenvalue weighted by molar-refractivity contribution is 6.01. The molecule has 0 saturated carbocycles. The molecule has 1 aromatic carbocycles. The Hall–Kier alpha value is -1.79. The van der Waals surface area contributed by atoms with Crippen LogP contribution < -0.4 is 0 Å². The van der Waals surface area contributed by atoms with Crippen molar-refractivity contribution < 1.29 is 19.2 Å². The topological polar surface area (TPSA) is 78.7 Å². The van der Waals surface area contributed by atoms with E-state index >= 15 is 0 Å². The molecule has 92 valence electrons. The van der Waals surface area contributed by atoms with Gasteiger partial charge in [-0.05, 0) is 6.92 Å². The number of methoxy groups -OCH3 is 2. The maximum absolute atomic E-state index is 12.0. The lowest BCUT2D eigenvalue weighted by atomic mass is 10.0. The van der Waals surface area contributed by atoms with Gasteiger partial charge in [0.2, 0.25) is 11.6 Å². The van der Waals surface area contributed by atoms with Gasteiger partial charge in [-0.25, -0.2) is 0 Å². The van der Waals surface area contributed by atoms with Gasteiger partial charge >= 0.3 is 0 Å². The molecule has 1 aromatic rings.